The molecule has 1 saturated heterocycles. The summed E-state index contributed by atoms with van der Waals surface area (Å²) in [6.07, 6.45) is 11.2. The van der Waals surface area contributed by atoms with Gasteiger partial charge in [0.1, 0.15) is 0 Å². The van der Waals surface area contributed by atoms with Crippen molar-refractivity contribution in [1.82, 2.24) is 9.80 Å². The van der Waals surface area contributed by atoms with Crippen LogP contribution in [0.25, 0.3) is 0 Å². The average Bonchev–Trinajstić information content (AvgIpc) is 2.43. The smallest absolute Gasteiger partial charge is 0.0870 e. The standard InChI is InChI=1S/C16H33N3S/c1-2-3-4-5-6-7-8-9-10-18-11-13-19(14-12-18)15-16(17)20/h2-15H2,1H3,(H2,17,20). The van der Waals surface area contributed by atoms with Crippen LogP contribution in [0.1, 0.15) is 58.3 Å². The molecule has 0 atom stereocenters. The van der Waals surface area contributed by atoms with Crippen molar-refractivity contribution in [2.75, 3.05) is 39.3 Å². The third kappa shape index (κ3) is 8.88. The Morgan fingerprint density at radius 2 is 1.35 bits per heavy atom. The second-order valence-electron chi connectivity index (χ2n) is 6.06. The van der Waals surface area contributed by atoms with Crippen molar-refractivity contribution in [3.8, 4) is 0 Å². The molecule has 1 fully saturated rings. The Balaban J connectivity index is 1.90. The Bertz CT molecular complexity index is 250. The van der Waals surface area contributed by atoms with E-state index >= 15 is 0 Å². The molecule has 1 aliphatic heterocycles. The number of nitrogens with zero attached hydrogens (tertiary/aromatic N) is 2. The van der Waals surface area contributed by atoms with Crippen molar-refractivity contribution in [1.29, 1.82) is 0 Å². The topological polar surface area (TPSA) is 32.5 Å². The Morgan fingerprint density at radius 1 is 0.850 bits per heavy atom. The molecular weight excluding hydrogens is 266 g/mol. The van der Waals surface area contributed by atoms with Crippen LogP contribution in [0.5, 0.6) is 0 Å². The van der Waals surface area contributed by atoms with Gasteiger partial charge in [-0.1, -0.05) is 64.1 Å². The maximum absolute atomic E-state index is 5.59. The van der Waals surface area contributed by atoms with E-state index < -0.39 is 0 Å². The number of hydrogen-bond acceptors (Lipinski definition) is 3. The molecule has 0 aromatic heterocycles. The second-order valence-corrected chi connectivity index (χ2v) is 6.58. The zero-order valence-corrected chi connectivity index (χ0v) is 14.1. The molecule has 0 aromatic carbocycles. The summed E-state index contributed by atoms with van der Waals surface area (Å²) in [5, 5.41) is 0. The lowest BCUT2D eigenvalue weighted by Crippen LogP contribution is -2.48. The molecule has 1 heterocycles. The minimum Gasteiger partial charge on any atom is -0.392 e. The van der Waals surface area contributed by atoms with E-state index in [0.717, 1.165) is 19.6 Å². The molecule has 3 nitrogen and oxygen atoms in total. The van der Waals surface area contributed by atoms with Gasteiger partial charge in [-0.25, -0.2) is 0 Å². The van der Waals surface area contributed by atoms with Crippen molar-refractivity contribution in [2.45, 2.75) is 58.3 Å². The summed E-state index contributed by atoms with van der Waals surface area (Å²) in [7, 11) is 0. The molecule has 0 bridgehead atoms. The predicted octanol–water partition coefficient (Wildman–Crippen LogP) is 3.03. The van der Waals surface area contributed by atoms with Gasteiger partial charge in [0.2, 0.25) is 0 Å². The van der Waals surface area contributed by atoms with Crippen LogP contribution in [0.3, 0.4) is 0 Å². The molecule has 0 aromatic rings. The fourth-order valence-corrected chi connectivity index (χ4v) is 3.04. The molecule has 20 heavy (non-hydrogen) atoms. The quantitative estimate of drug-likeness (QED) is 0.469. The van der Waals surface area contributed by atoms with E-state index in [1.807, 2.05) is 0 Å². The van der Waals surface area contributed by atoms with Crippen LogP contribution in [-0.2, 0) is 0 Å². The molecule has 0 amide bonds. The largest absolute Gasteiger partial charge is 0.392 e. The molecule has 0 spiro atoms. The van der Waals surface area contributed by atoms with E-state index in [-0.39, 0.29) is 0 Å². The highest BCUT2D eigenvalue weighted by atomic mass is 32.1. The van der Waals surface area contributed by atoms with E-state index in [2.05, 4.69) is 16.7 Å². The highest BCUT2D eigenvalue weighted by Gasteiger charge is 2.16. The van der Waals surface area contributed by atoms with Gasteiger partial charge in [0.25, 0.3) is 0 Å². The molecule has 1 aliphatic rings. The lowest BCUT2D eigenvalue weighted by Gasteiger charge is -2.34. The highest BCUT2D eigenvalue weighted by Crippen LogP contribution is 2.09. The third-order valence-corrected chi connectivity index (χ3v) is 4.30. The third-order valence-electron chi connectivity index (χ3n) is 4.17. The number of thiocarbonyl (C=S) groups is 1. The van der Waals surface area contributed by atoms with E-state index in [1.165, 1.54) is 71.0 Å². The number of hydrogen-bond donors (Lipinski definition) is 1. The lowest BCUT2D eigenvalue weighted by atomic mass is 10.1. The number of piperazine rings is 1. The normalized spacial score (nSPS) is 17.4. The van der Waals surface area contributed by atoms with Gasteiger partial charge in [-0.15, -0.1) is 0 Å². The summed E-state index contributed by atoms with van der Waals surface area (Å²) in [5.74, 6) is 0. The Hall–Kier alpha value is -0.190. The molecule has 0 saturated carbocycles. The minimum absolute atomic E-state index is 0.626. The van der Waals surface area contributed by atoms with Crippen molar-refractivity contribution >= 4 is 17.2 Å². The van der Waals surface area contributed by atoms with Crippen molar-refractivity contribution < 1.29 is 0 Å². The minimum atomic E-state index is 0.626. The van der Waals surface area contributed by atoms with E-state index in [0.29, 0.717) is 4.99 Å². The van der Waals surface area contributed by atoms with Gasteiger partial charge < -0.3 is 10.6 Å². The predicted molar refractivity (Wildman–Crippen MR) is 92.3 cm³/mol. The van der Waals surface area contributed by atoms with Crippen LogP contribution >= 0.6 is 12.2 Å². The number of nitrogens with two attached hydrogens (primary N) is 1. The van der Waals surface area contributed by atoms with Gasteiger partial charge in [0, 0.05) is 32.7 Å². The van der Waals surface area contributed by atoms with Crippen molar-refractivity contribution in [2.24, 2.45) is 5.73 Å². The van der Waals surface area contributed by atoms with Gasteiger partial charge >= 0.3 is 0 Å². The van der Waals surface area contributed by atoms with Crippen LogP contribution in [-0.4, -0.2) is 54.1 Å². The molecule has 0 radical (unpaired) electrons. The molecular formula is C16H33N3S. The Kier molecular flexibility index (Phi) is 10.2. The average molecular weight is 300 g/mol. The fourth-order valence-electron chi connectivity index (χ4n) is 2.86. The maximum Gasteiger partial charge on any atom is 0.0870 e. The van der Waals surface area contributed by atoms with Gasteiger partial charge in [-0.2, -0.15) is 0 Å². The highest BCUT2D eigenvalue weighted by molar-refractivity contribution is 7.80. The van der Waals surface area contributed by atoms with Crippen LogP contribution < -0.4 is 5.73 Å². The first-order valence-corrected chi connectivity index (χ1v) is 8.86. The Labute approximate surface area is 130 Å². The summed E-state index contributed by atoms with van der Waals surface area (Å²) in [6, 6.07) is 0. The van der Waals surface area contributed by atoms with E-state index in [1.54, 1.807) is 0 Å². The van der Waals surface area contributed by atoms with Crippen LogP contribution in [0.15, 0.2) is 0 Å². The fraction of sp³-hybridized carbons (Fsp3) is 0.938. The monoisotopic (exact) mass is 299 g/mol. The summed E-state index contributed by atoms with van der Waals surface area (Å²) in [6.45, 7) is 8.94. The van der Waals surface area contributed by atoms with E-state index in [9.17, 15) is 0 Å². The van der Waals surface area contributed by atoms with Gasteiger partial charge in [0.05, 0.1) is 4.99 Å². The van der Waals surface area contributed by atoms with Crippen molar-refractivity contribution in [3.63, 3.8) is 0 Å². The lowest BCUT2D eigenvalue weighted by molar-refractivity contribution is 0.144. The van der Waals surface area contributed by atoms with Crippen LogP contribution in [0, 0.1) is 0 Å². The van der Waals surface area contributed by atoms with Gasteiger partial charge in [-0.3, -0.25) is 4.90 Å². The second kappa shape index (κ2) is 11.5. The maximum atomic E-state index is 5.59. The zero-order valence-electron chi connectivity index (χ0n) is 13.3. The summed E-state index contributed by atoms with van der Waals surface area (Å²) < 4.78 is 0. The van der Waals surface area contributed by atoms with Gasteiger partial charge in [0.15, 0.2) is 0 Å². The molecule has 2 N–H and O–H groups in total. The first-order valence-electron chi connectivity index (χ1n) is 8.45. The first kappa shape index (κ1) is 17.9. The molecule has 118 valence electrons. The molecule has 0 aliphatic carbocycles. The number of rotatable bonds is 11. The van der Waals surface area contributed by atoms with E-state index in [4.69, 9.17) is 18.0 Å². The van der Waals surface area contributed by atoms with Crippen LogP contribution in [0.2, 0.25) is 0 Å². The number of unbranched alkanes of at least 4 members (excludes halogenated alkanes) is 7. The summed E-state index contributed by atoms with van der Waals surface area (Å²) >= 11 is 4.97. The van der Waals surface area contributed by atoms with Crippen LogP contribution in [0.4, 0.5) is 0 Å². The van der Waals surface area contributed by atoms with Crippen molar-refractivity contribution in [3.05, 3.63) is 0 Å². The molecule has 1 rings (SSSR count). The SMILES string of the molecule is CCCCCCCCCCN1CCN(CC(N)=S)CC1. The zero-order chi connectivity index (χ0) is 14.6. The first-order chi connectivity index (χ1) is 9.72. The summed E-state index contributed by atoms with van der Waals surface area (Å²) in [4.78, 5) is 5.58. The Morgan fingerprint density at radius 3 is 1.90 bits per heavy atom. The molecule has 0 unspecified atom stereocenters. The summed E-state index contributed by atoms with van der Waals surface area (Å²) in [5.41, 5.74) is 5.59. The molecule has 4 heteroatoms. The van der Waals surface area contributed by atoms with Gasteiger partial charge in [-0.05, 0) is 13.0 Å².